The molecule has 0 aromatic rings. The molecular formula is C39H60N2O7S. The number of nitrogens with zero attached hydrogens (tertiary/aromatic N) is 1. The molecule has 3 saturated heterocycles. The number of hydrogen-bond acceptors (Lipinski definition) is 7. The quantitative estimate of drug-likeness (QED) is 0.311. The summed E-state index contributed by atoms with van der Waals surface area (Å²) in [4.78, 5) is 70.9. The Hall–Kier alpha value is -2.10. The SMILES string of the molecule is CC1(C)[C@@H]2[C@H]3C(=O)C[C@H](C(=O)C(=O)NC4CC4)CCCCCCCCC[C@H](CC(=O)CC4([C@H]5CCCS5(=O)=O)CCCCC4)C(=O)N3C[C@@H]21. The van der Waals surface area contributed by atoms with Gasteiger partial charge in [-0.15, -0.1) is 0 Å². The molecule has 2 amide bonds. The van der Waals surface area contributed by atoms with Gasteiger partial charge in [0.2, 0.25) is 11.7 Å². The molecule has 3 heterocycles. The van der Waals surface area contributed by atoms with Crippen LogP contribution in [0.1, 0.15) is 149 Å². The molecule has 3 saturated carbocycles. The lowest BCUT2D eigenvalue weighted by molar-refractivity contribution is -0.146. The van der Waals surface area contributed by atoms with E-state index in [9.17, 15) is 32.4 Å². The molecule has 0 bridgehead atoms. The third kappa shape index (κ3) is 8.04. The van der Waals surface area contributed by atoms with E-state index in [1.54, 1.807) is 4.90 Å². The lowest BCUT2D eigenvalue weighted by Gasteiger charge is -2.41. The van der Waals surface area contributed by atoms with Crippen molar-refractivity contribution < 1.29 is 32.4 Å². The molecule has 1 N–H and O–H groups in total. The number of ketones is 3. The van der Waals surface area contributed by atoms with Crippen molar-refractivity contribution in [3.05, 3.63) is 0 Å². The Balaban J connectivity index is 1.22. The van der Waals surface area contributed by atoms with Gasteiger partial charge in [-0.3, -0.25) is 24.0 Å². The summed E-state index contributed by atoms with van der Waals surface area (Å²) in [5.41, 5.74) is -0.622. The number of rotatable bonds is 8. The molecule has 0 spiro atoms. The molecule has 0 radical (unpaired) electrons. The van der Waals surface area contributed by atoms with Crippen LogP contribution in [0.3, 0.4) is 0 Å². The van der Waals surface area contributed by atoms with Crippen molar-refractivity contribution in [3.8, 4) is 0 Å². The Morgan fingerprint density at radius 1 is 0.816 bits per heavy atom. The highest BCUT2D eigenvalue weighted by atomic mass is 32.2. The highest BCUT2D eigenvalue weighted by Gasteiger charge is 2.69. The largest absolute Gasteiger partial charge is 0.347 e. The molecular weight excluding hydrogens is 641 g/mol. The highest BCUT2D eigenvalue weighted by Crippen LogP contribution is 2.65. The zero-order valence-electron chi connectivity index (χ0n) is 30.0. The van der Waals surface area contributed by atoms with Crippen LogP contribution in [0, 0.1) is 34.5 Å². The molecule has 274 valence electrons. The smallest absolute Gasteiger partial charge is 0.287 e. The first-order valence-corrected chi connectivity index (χ1v) is 21.5. The maximum atomic E-state index is 14.6. The normalized spacial score (nSPS) is 34.9. The summed E-state index contributed by atoms with van der Waals surface area (Å²) in [7, 11) is -3.24. The fraction of sp³-hybridized carbons (Fsp3) is 0.872. The summed E-state index contributed by atoms with van der Waals surface area (Å²) in [6, 6.07) is -0.586. The molecule has 49 heavy (non-hydrogen) atoms. The van der Waals surface area contributed by atoms with E-state index in [4.69, 9.17) is 0 Å². The van der Waals surface area contributed by atoms with Crippen LogP contribution >= 0.6 is 0 Å². The minimum atomic E-state index is -3.24. The summed E-state index contributed by atoms with van der Waals surface area (Å²) >= 11 is 0. The number of carbonyl (C=O) groups excluding carboxylic acids is 5. The summed E-state index contributed by atoms with van der Waals surface area (Å²) in [6.45, 7) is 4.76. The highest BCUT2D eigenvalue weighted by molar-refractivity contribution is 7.92. The van der Waals surface area contributed by atoms with Gasteiger partial charge >= 0.3 is 0 Å². The Bertz CT molecular complexity index is 1400. The number of piperidine rings is 1. The first-order chi connectivity index (χ1) is 23.3. The van der Waals surface area contributed by atoms with Crippen LogP contribution in [-0.4, -0.2) is 72.1 Å². The van der Waals surface area contributed by atoms with Crippen LogP contribution in [0.15, 0.2) is 0 Å². The van der Waals surface area contributed by atoms with Gasteiger partial charge in [0, 0.05) is 43.7 Å². The van der Waals surface area contributed by atoms with Crippen molar-refractivity contribution >= 4 is 39.0 Å². The standard InChI is InChI=1S/C39H60N2O7S/c1-38(2)30-25-41-34(33(30)38)31(43)23-26(35(44)36(45)40-28-17-18-28)14-9-6-4-3-5-7-10-15-27(37(41)46)22-29(42)24-39(19-11-8-12-20-39)32-16-13-21-49(32,47)48/h26-28,30,32-34H,3-25H2,1-2H3,(H,40,45)/t26-,27-,30+,32-,33+,34-/m1/s1. The van der Waals surface area contributed by atoms with Crippen molar-refractivity contribution in [3.63, 3.8) is 0 Å². The molecule has 6 aliphatic rings. The van der Waals surface area contributed by atoms with Crippen LogP contribution in [0.5, 0.6) is 0 Å². The fourth-order valence-corrected chi connectivity index (χ4v) is 13.0. The van der Waals surface area contributed by atoms with E-state index in [0.29, 0.717) is 32.2 Å². The third-order valence-corrected chi connectivity index (χ3v) is 16.1. The van der Waals surface area contributed by atoms with Gasteiger partial charge in [-0.05, 0) is 74.0 Å². The molecule has 6 fully saturated rings. The van der Waals surface area contributed by atoms with Crippen molar-refractivity contribution in [2.75, 3.05) is 12.3 Å². The van der Waals surface area contributed by atoms with E-state index in [-0.39, 0.29) is 65.8 Å². The Morgan fingerprint density at radius 3 is 2.08 bits per heavy atom. The number of hydrogen-bond donors (Lipinski definition) is 1. The van der Waals surface area contributed by atoms with E-state index in [2.05, 4.69) is 19.2 Å². The van der Waals surface area contributed by atoms with Crippen molar-refractivity contribution in [2.24, 2.45) is 34.5 Å². The zero-order chi connectivity index (χ0) is 35.0. The monoisotopic (exact) mass is 700 g/mol. The Kier molecular flexibility index (Phi) is 11.1. The Labute approximate surface area is 293 Å². The minimum absolute atomic E-state index is 0.00769. The Morgan fingerprint density at radius 2 is 1.45 bits per heavy atom. The maximum absolute atomic E-state index is 14.6. The molecule has 3 aliphatic heterocycles. The summed E-state index contributed by atoms with van der Waals surface area (Å²) < 4.78 is 26.3. The van der Waals surface area contributed by atoms with Gasteiger partial charge in [0.25, 0.3) is 5.91 Å². The van der Waals surface area contributed by atoms with Crippen LogP contribution < -0.4 is 5.32 Å². The fourth-order valence-electron chi connectivity index (χ4n) is 10.5. The van der Waals surface area contributed by atoms with Crippen LogP contribution in [0.2, 0.25) is 0 Å². The predicted molar refractivity (Wildman–Crippen MR) is 187 cm³/mol. The molecule has 10 heteroatoms. The van der Waals surface area contributed by atoms with Crippen molar-refractivity contribution in [2.45, 2.75) is 166 Å². The molecule has 0 unspecified atom stereocenters. The molecule has 9 nitrogen and oxygen atoms in total. The maximum Gasteiger partial charge on any atom is 0.287 e. The topological polar surface area (TPSA) is 135 Å². The number of carbonyl (C=O) groups is 5. The van der Waals surface area contributed by atoms with Gasteiger partial charge in [-0.2, -0.15) is 0 Å². The first-order valence-electron chi connectivity index (χ1n) is 19.8. The van der Waals surface area contributed by atoms with E-state index in [0.717, 1.165) is 89.9 Å². The second kappa shape index (κ2) is 14.9. The molecule has 0 aromatic carbocycles. The summed E-state index contributed by atoms with van der Waals surface area (Å²) in [5.74, 6) is -2.20. The first kappa shape index (κ1) is 36.7. The summed E-state index contributed by atoms with van der Waals surface area (Å²) in [5, 5.41) is 2.35. The minimum Gasteiger partial charge on any atom is -0.347 e. The number of fused-ring (bicyclic) bond motifs is 3. The van der Waals surface area contributed by atoms with Crippen molar-refractivity contribution in [1.82, 2.24) is 10.2 Å². The van der Waals surface area contributed by atoms with Gasteiger partial charge in [-0.1, -0.05) is 78.1 Å². The molecule has 3 aliphatic carbocycles. The van der Waals surface area contributed by atoms with E-state index < -0.39 is 50.1 Å². The predicted octanol–water partition coefficient (Wildman–Crippen LogP) is 5.91. The van der Waals surface area contributed by atoms with Crippen LogP contribution in [0.25, 0.3) is 0 Å². The second-order valence-corrected chi connectivity index (χ2v) is 19.8. The number of sulfone groups is 1. The van der Waals surface area contributed by atoms with Crippen LogP contribution in [0.4, 0.5) is 0 Å². The van der Waals surface area contributed by atoms with Gasteiger partial charge in [0.05, 0.1) is 17.0 Å². The van der Waals surface area contributed by atoms with Crippen LogP contribution in [-0.2, 0) is 33.8 Å². The van der Waals surface area contributed by atoms with Gasteiger partial charge < -0.3 is 10.2 Å². The number of amides is 2. The number of nitrogens with one attached hydrogen (secondary N) is 1. The second-order valence-electron chi connectivity index (χ2n) is 17.5. The molecule has 6 atom stereocenters. The van der Waals surface area contributed by atoms with Gasteiger partial charge in [0.1, 0.15) is 5.78 Å². The van der Waals surface area contributed by atoms with E-state index in [1.165, 1.54) is 0 Å². The van der Waals surface area contributed by atoms with Crippen molar-refractivity contribution in [1.29, 1.82) is 0 Å². The van der Waals surface area contributed by atoms with E-state index >= 15 is 0 Å². The molecule has 6 rings (SSSR count). The molecule has 0 aromatic heterocycles. The lowest BCUT2D eigenvalue weighted by Crippen LogP contribution is -2.49. The average molecular weight is 701 g/mol. The number of Topliss-reactive ketones (excluding diaryl/α,β-unsaturated/α-hetero) is 3. The summed E-state index contributed by atoms with van der Waals surface area (Å²) in [6.07, 6.45) is 15.5. The lowest BCUT2D eigenvalue weighted by atomic mass is 9.67. The van der Waals surface area contributed by atoms with Gasteiger partial charge in [0.15, 0.2) is 15.6 Å². The average Bonchev–Trinajstić information content (AvgIpc) is 3.83. The zero-order valence-corrected chi connectivity index (χ0v) is 30.8. The van der Waals surface area contributed by atoms with Gasteiger partial charge in [-0.25, -0.2) is 8.42 Å². The third-order valence-electron chi connectivity index (χ3n) is 13.6. The van der Waals surface area contributed by atoms with E-state index in [1.807, 2.05) is 0 Å².